The molecule has 0 saturated carbocycles. The number of anilines is 1. The quantitative estimate of drug-likeness (QED) is 0.898. The molecule has 4 nitrogen and oxygen atoms in total. The highest BCUT2D eigenvalue weighted by molar-refractivity contribution is 5.52. The van der Waals surface area contributed by atoms with E-state index >= 15 is 0 Å². The van der Waals surface area contributed by atoms with Crippen LogP contribution >= 0.6 is 0 Å². The van der Waals surface area contributed by atoms with E-state index in [4.69, 9.17) is 5.73 Å². The maximum absolute atomic E-state index is 6.05. The Morgan fingerprint density at radius 1 is 1.10 bits per heavy atom. The predicted molar refractivity (Wildman–Crippen MR) is 84.0 cm³/mol. The number of hydrogen-bond acceptors (Lipinski definition) is 4. The van der Waals surface area contributed by atoms with Crippen LogP contribution in [-0.4, -0.2) is 22.8 Å². The summed E-state index contributed by atoms with van der Waals surface area (Å²) in [4.78, 5) is 2.46. The highest BCUT2D eigenvalue weighted by Crippen LogP contribution is 2.30. The van der Waals surface area contributed by atoms with Gasteiger partial charge in [-0.3, -0.25) is 0 Å². The Kier molecular flexibility index (Phi) is 5.35. The minimum absolute atomic E-state index is 0.563. The van der Waals surface area contributed by atoms with Gasteiger partial charge in [-0.1, -0.05) is 20.8 Å². The van der Waals surface area contributed by atoms with Crippen LogP contribution in [0.5, 0.6) is 0 Å². The van der Waals surface area contributed by atoms with E-state index in [9.17, 15) is 0 Å². The van der Waals surface area contributed by atoms with E-state index in [0.717, 1.165) is 30.9 Å². The van der Waals surface area contributed by atoms with E-state index in [0.29, 0.717) is 12.6 Å². The van der Waals surface area contributed by atoms with Gasteiger partial charge in [0, 0.05) is 24.7 Å². The molecular formula is C16H28N4. The molecule has 0 bridgehead atoms. The highest BCUT2D eigenvalue weighted by atomic mass is 15.3. The van der Waals surface area contributed by atoms with Crippen LogP contribution in [0.3, 0.4) is 0 Å². The maximum Gasteiger partial charge on any atom is 0.156 e. The summed E-state index contributed by atoms with van der Waals surface area (Å²) in [5.41, 5.74) is 9.70. The zero-order valence-electron chi connectivity index (χ0n) is 13.2. The molecule has 0 amide bonds. The van der Waals surface area contributed by atoms with Gasteiger partial charge in [0.05, 0.1) is 5.69 Å². The first-order valence-corrected chi connectivity index (χ1v) is 8.10. The van der Waals surface area contributed by atoms with Crippen LogP contribution in [0.25, 0.3) is 0 Å². The lowest BCUT2D eigenvalue weighted by Gasteiger charge is -2.37. The average Bonchev–Trinajstić information content (AvgIpc) is 2.53. The molecule has 1 aliphatic heterocycles. The van der Waals surface area contributed by atoms with E-state index in [1.54, 1.807) is 0 Å². The van der Waals surface area contributed by atoms with Crippen molar-refractivity contribution in [2.75, 3.05) is 11.4 Å². The number of hydrogen-bond donors (Lipinski definition) is 1. The number of rotatable bonds is 5. The van der Waals surface area contributed by atoms with Crippen molar-refractivity contribution in [1.82, 2.24) is 10.2 Å². The molecule has 1 atom stereocenters. The van der Waals surface area contributed by atoms with Gasteiger partial charge in [-0.05, 0) is 44.1 Å². The second-order valence-corrected chi connectivity index (χ2v) is 5.59. The number of nitrogens with zero attached hydrogens (tertiary/aromatic N) is 3. The van der Waals surface area contributed by atoms with Crippen molar-refractivity contribution in [2.24, 2.45) is 5.73 Å². The molecule has 1 aromatic rings. The van der Waals surface area contributed by atoms with Crippen LogP contribution in [0.4, 0.5) is 5.82 Å². The average molecular weight is 276 g/mol. The molecule has 2 heterocycles. The van der Waals surface area contributed by atoms with Gasteiger partial charge in [0.1, 0.15) is 0 Å². The minimum Gasteiger partial charge on any atom is -0.352 e. The first kappa shape index (κ1) is 15.2. The Hall–Kier alpha value is -1.16. The predicted octanol–water partition coefficient (Wildman–Crippen LogP) is 2.83. The van der Waals surface area contributed by atoms with Crippen molar-refractivity contribution in [3.05, 3.63) is 16.8 Å². The van der Waals surface area contributed by atoms with Gasteiger partial charge in [0.15, 0.2) is 5.82 Å². The van der Waals surface area contributed by atoms with Crippen molar-refractivity contribution < 1.29 is 0 Å². The fourth-order valence-corrected chi connectivity index (χ4v) is 3.39. The van der Waals surface area contributed by atoms with Crippen molar-refractivity contribution in [3.63, 3.8) is 0 Å². The third-order valence-corrected chi connectivity index (χ3v) is 4.51. The molecule has 0 aromatic carbocycles. The first-order chi connectivity index (χ1) is 9.76. The molecular weight excluding hydrogens is 248 g/mol. The van der Waals surface area contributed by atoms with Crippen LogP contribution in [0.1, 0.15) is 63.3 Å². The lowest BCUT2D eigenvalue weighted by Crippen LogP contribution is -2.41. The molecule has 20 heavy (non-hydrogen) atoms. The van der Waals surface area contributed by atoms with Gasteiger partial charge in [-0.25, -0.2) is 0 Å². The zero-order chi connectivity index (χ0) is 14.5. The summed E-state index contributed by atoms with van der Waals surface area (Å²) in [5, 5.41) is 9.02. The van der Waals surface area contributed by atoms with Gasteiger partial charge in [-0.2, -0.15) is 5.10 Å². The van der Waals surface area contributed by atoms with Crippen molar-refractivity contribution in [3.8, 4) is 0 Å². The third-order valence-electron chi connectivity index (χ3n) is 4.51. The molecule has 1 fully saturated rings. The summed E-state index contributed by atoms with van der Waals surface area (Å²) in [6.45, 7) is 8.24. The Labute approximate surface area is 122 Å². The van der Waals surface area contributed by atoms with Crippen LogP contribution in [-0.2, 0) is 19.4 Å². The topological polar surface area (TPSA) is 55.0 Å². The van der Waals surface area contributed by atoms with Crippen molar-refractivity contribution in [2.45, 2.75) is 71.9 Å². The molecule has 1 unspecified atom stereocenters. The van der Waals surface area contributed by atoms with E-state index in [1.807, 2.05) is 0 Å². The smallest absolute Gasteiger partial charge is 0.156 e. The minimum atomic E-state index is 0.563. The third kappa shape index (κ3) is 2.80. The molecule has 0 radical (unpaired) electrons. The summed E-state index contributed by atoms with van der Waals surface area (Å²) in [6, 6.07) is 0.598. The molecule has 112 valence electrons. The van der Waals surface area contributed by atoms with E-state index in [-0.39, 0.29) is 0 Å². The highest BCUT2D eigenvalue weighted by Gasteiger charge is 2.26. The van der Waals surface area contributed by atoms with Crippen LogP contribution < -0.4 is 10.6 Å². The molecule has 1 aliphatic rings. The molecule has 0 aliphatic carbocycles. The van der Waals surface area contributed by atoms with Crippen LogP contribution in [0.2, 0.25) is 0 Å². The fourth-order valence-electron chi connectivity index (χ4n) is 3.39. The van der Waals surface area contributed by atoms with Crippen molar-refractivity contribution in [1.29, 1.82) is 0 Å². The van der Waals surface area contributed by atoms with Crippen LogP contribution in [0.15, 0.2) is 0 Å². The van der Waals surface area contributed by atoms with Crippen molar-refractivity contribution >= 4 is 5.82 Å². The largest absolute Gasteiger partial charge is 0.352 e. The molecule has 2 rings (SSSR count). The Morgan fingerprint density at radius 2 is 1.90 bits per heavy atom. The monoisotopic (exact) mass is 276 g/mol. The Morgan fingerprint density at radius 3 is 2.50 bits per heavy atom. The summed E-state index contributed by atoms with van der Waals surface area (Å²) in [7, 11) is 0. The normalized spacial score (nSPS) is 19.4. The fraction of sp³-hybridized carbons (Fsp3) is 0.750. The van der Waals surface area contributed by atoms with Gasteiger partial charge >= 0.3 is 0 Å². The summed E-state index contributed by atoms with van der Waals surface area (Å²) < 4.78 is 0. The number of nitrogens with two attached hydrogens (primary N) is 1. The lowest BCUT2D eigenvalue weighted by molar-refractivity contribution is 0.444. The van der Waals surface area contributed by atoms with E-state index in [2.05, 4.69) is 35.9 Å². The lowest BCUT2D eigenvalue weighted by atomic mass is 9.97. The summed E-state index contributed by atoms with van der Waals surface area (Å²) in [5.74, 6) is 1.05. The second-order valence-electron chi connectivity index (χ2n) is 5.59. The van der Waals surface area contributed by atoms with E-state index < -0.39 is 0 Å². The molecule has 1 aromatic heterocycles. The standard InChI is InChI=1S/C16H28N4/c1-4-12-9-7-8-10-20(12)16-14(11-17)13(5-2)15(6-3)18-19-16/h12H,4-11,17H2,1-3H3. The molecule has 0 spiro atoms. The van der Waals surface area contributed by atoms with Gasteiger partial charge in [0.25, 0.3) is 0 Å². The second kappa shape index (κ2) is 7.02. The number of aromatic nitrogens is 2. The Bertz CT molecular complexity index is 444. The van der Waals surface area contributed by atoms with Gasteiger partial charge in [-0.15, -0.1) is 5.10 Å². The summed E-state index contributed by atoms with van der Waals surface area (Å²) in [6.07, 6.45) is 6.93. The zero-order valence-corrected chi connectivity index (χ0v) is 13.2. The SMILES string of the molecule is CCc1nnc(N2CCCCC2CC)c(CN)c1CC. The van der Waals surface area contributed by atoms with Gasteiger partial charge < -0.3 is 10.6 Å². The molecule has 4 heteroatoms. The first-order valence-electron chi connectivity index (χ1n) is 8.10. The number of piperidine rings is 1. The molecule has 1 saturated heterocycles. The van der Waals surface area contributed by atoms with Crippen LogP contribution in [0, 0.1) is 0 Å². The Balaban J connectivity index is 2.44. The summed E-state index contributed by atoms with van der Waals surface area (Å²) >= 11 is 0. The van der Waals surface area contributed by atoms with E-state index in [1.165, 1.54) is 36.8 Å². The molecule has 2 N–H and O–H groups in total. The number of aryl methyl sites for hydroxylation is 1. The van der Waals surface area contributed by atoms with Gasteiger partial charge in [0.2, 0.25) is 0 Å². The maximum atomic E-state index is 6.05.